The molecule has 0 saturated carbocycles. The van der Waals surface area contributed by atoms with Gasteiger partial charge >= 0.3 is 0 Å². The zero-order valence-corrected chi connectivity index (χ0v) is 16.4. The van der Waals surface area contributed by atoms with Crippen LogP contribution in [0.3, 0.4) is 0 Å². The highest BCUT2D eigenvalue weighted by molar-refractivity contribution is 7.13. The van der Waals surface area contributed by atoms with Crippen LogP contribution in [0.15, 0.2) is 48.7 Å². The van der Waals surface area contributed by atoms with Crippen molar-refractivity contribution in [3.63, 3.8) is 0 Å². The quantitative estimate of drug-likeness (QED) is 0.647. The highest BCUT2D eigenvalue weighted by Gasteiger charge is 2.15. The molecule has 0 aliphatic heterocycles. The minimum absolute atomic E-state index is 0.0583. The molecular formula is C21H23N3O2S. The number of hydrogen-bond acceptors (Lipinski definition) is 5. The normalized spacial score (nSPS) is 10.6. The maximum absolute atomic E-state index is 12.5. The lowest BCUT2D eigenvalue weighted by atomic mass is 10.1. The van der Waals surface area contributed by atoms with E-state index in [1.54, 1.807) is 13.3 Å². The molecule has 3 rings (SSSR count). The summed E-state index contributed by atoms with van der Waals surface area (Å²) in [5.74, 6) is 0.770. The summed E-state index contributed by atoms with van der Waals surface area (Å²) in [6.07, 6.45) is 4.17. The topological polar surface area (TPSA) is 64.1 Å². The number of pyridine rings is 1. The van der Waals surface area contributed by atoms with Crippen molar-refractivity contribution in [3.8, 4) is 5.75 Å². The van der Waals surface area contributed by atoms with E-state index < -0.39 is 0 Å². The van der Waals surface area contributed by atoms with Crippen LogP contribution in [-0.4, -0.2) is 29.5 Å². The summed E-state index contributed by atoms with van der Waals surface area (Å²) in [6, 6.07) is 13.8. The van der Waals surface area contributed by atoms with Crippen molar-refractivity contribution in [2.45, 2.75) is 26.2 Å². The van der Waals surface area contributed by atoms with Gasteiger partial charge in [-0.15, -0.1) is 11.3 Å². The van der Waals surface area contributed by atoms with Gasteiger partial charge in [-0.3, -0.25) is 9.78 Å². The van der Waals surface area contributed by atoms with Gasteiger partial charge in [0.2, 0.25) is 0 Å². The molecule has 1 aromatic carbocycles. The third kappa shape index (κ3) is 5.37. The van der Waals surface area contributed by atoms with E-state index in [4.69, 9.17) is 4.74 Å². The summed E-state index contributed by atoms with van der Waals surface area (Å²) in [7, 11) is 1.65. The van der Waals surface area contributed by atoms with Crippen molar-refractivity contribution >= 4 is 17.2 Å². The lowest BCUT2D eigenvalue weighted by Gasteiger charge is -2.06. The summed E-state index contributed by atoms with van der Waals surface area (Å²) < 4.78 is 5.23. The SMILES string of the molecule is COc1cccc(CCNC(=O)c2sc(CCc3ccccn3)nc2C)c1. The zero-order valence-electron chi connectivity index (χ0n) is 15.6. The van der Waals surface area contributed by atoms with Crippen LogP contribution in [0.25, 0.3) is 0 Å². The maximum Gasteiger partial charge on any atom is 0.263 e. The molecule has 0 fully saturated rings. The summed E-state index contributed by atoms with van der Waals surface area (Å²) >= 11 is 1.47. The average Bonchev–Trinajstić information content (AvgIpc) is 3.08. The number of benzene rings is 1. The first-order valence-corrected chi connectivity index (χ1v) is 9.74. The molecule has 0 bridgehead atoms. The Labute approximate surface area is 163 Å². The van der Waals surface area contributed by atoms with Gasteiger partial charge in [0.1, 0.15) is 10.6 Å². The maximum atomic E-state index is 12.5. The molecule has 140 valence electrons. The van der Waals surface area contributed by atoms with Gasteiger partial charge in [0, 0.05) is 24.9 Å². The number of rotatable bonds is 8. The number of ether oxygens (including phenoxy) is 1. The Morgan fingerprint density at radius 3 is 2.81 bits per heavy atom. The van der Waals surface area contributed by atoms with E-state index in [9.17, 15) is 4.79 Å². The highest BCUT2D eigenvalue weighted by Crippen LogP contribution is 2.19. The Hall–Kier alpha value is -2.73. The van der Waals surface area contributed by atoms with Gasteiger partial charge < -0.3 is 10.1 Å². The number of thiazole rings is 1. The largest absolute Gasteiger partial charge is 0.497 e. The minimum Gasteiger partial charge on any atom is -0.497 e. The zero-order chi connectivity index (χ0) is 19.1. The van der Waals surface area contributed by atoms with Crippen LogP contribution >= 0.6 is 11.3 Å². The van der Waals surface area contributed by atoms with E-state index in [-0.39, 0.29) is 5.91 Å². The lowest BCUT2D eigenvalue weighted by Crippen LogP contribution is -2.25. The van der Waals surface area contributed by atoms with Crippen molar-refractivity contribution in [1.82, 2.24) is 15.3 Å². The third-order valence-corrected chi connectivity index (χ3v) is 5.42. The first-order valence-electron chi connectivity index (χ1n) is 8.93. The van der Waals surface area contributed by atoms with Crippen molar-refractivity contribution < 1.29 is 9.53 Å². The third-order valence-electron chi connectivity index (χ3n) is 4.20. The van der Waals surface area contributed by atoms with E-state index in [1.165, 1.54) is 11.3 Å². The molecule has 0 radical (unpaired) electrons. The second kappa shape index (κ2) is 9.28. The van der Waals surface area contributed by atoms with Crippen LogP contribution in [-0.2, 0) is 19.3 Å². The Balaban J connectivity index is 1.52. The van der Waals surface area contributed by atoms with Crippen molar-refractivity contribution in [1.29, 1.82) is 0 Å². The highest BCUT2D eigenvalue weighted by atomic mass is 32.1. The average molecular weight is 382 g/mol. The number of methoxy groups -OCH3 is 1. The fourth-order valence-corrected chi connectivity index (χ4v) is 3.76. The molecule has 6 heteroatoms. The Morgan fingerprint density at radius 1 is 1.15 bits per heavy atom. The van der Waals surface area contributed by atoms with Gasteiger partial charge in [-0.1, -0.05) is 18.2 Å². The molecule has 0 spiro atoms. The smallest absolute Gasteiger partial charge is 0.263 e. The number of nitrogens with one attached hydrogen (secondary N) is 1. The van der Waals surface area contributed by atoms with E-state index in [2.05, 4.69) is 15.3 Å². The summed E-state index contributed by atoms with van der Waals surface area (Å²) in [5, 5.41) is 3.96. The van der Waals surface area contributed by atoms with Gasteiger partial charge in [0.15, 0.2) is 0 Å². The molecule has 3 aromatic rings. The fourth-order valence-electron chi connectivity index (χ4n) is 2.78. The summed E-state index contributed by atoms with van der Waals surface area (Å²) in [5.41, 5.74) is 2.95. The number of nitrogens with zero attached hydrogens (tertiary/aromatic N) is 2. The first kappa shape index (κ1) is 19.0. The first-order chi connectivity index (χ1) is 13.2. The van der Waals surface area contributed by atoms with Crippen molar-refractivity contribution in [3.05, 3.63) is 75.5 Å². The van der Waals surface area contributed by atoms with Gasteiger partial charge in [0.25, 0.3) is 5.91 Å². The molecule has 0 unspecified atom stereocenters. The number of aryl methyl sites for hydroxylation is 3. The molecule has 0 aliphatic carbocycles. The predicted octanol–water partition coefficient (Wildman–Crippen LogP) is 3.61. The number of carbonyl (C=O) groups excluding carboxylic acids is 1. The lowest BCUT2D eigenvalue weighted by molar-refractivity contribution is 0.0957. The number of hydrogen-bond donors (Lipinski definition) is 1. The van der Waals surface area contributed by atoms with Crippen LogP contribution in [0, 0.1) is 6.92 Å². The van der Waals surface area contributed by atoms with Crippen LogP contribution < -0.4 is 10.1 Å². The molecule has 2 aromatic heterocycles. The van der Waals surface area contributed by atoms with Crippen LogP contribution in [0.4, 0.5) is 0 Å². The van der Waals surface area contributed by atoms with E-state index in [1.807, 2.05) is 49.4 Å². The Kier molecular flexibility index (Phi) is 6.54. The van der Waals surface area contributed by atoms with Crippen LogP contribution in [0.2, 0.25) is 0 Å². The second-order valence-electron chi connectivity index (χ2n) is 6.20. The molecule has 0 saturated heterocycles. The van der Waals surface area contributed by atoms with E-state index in [0.29, 0.717) is 11.4 Å². The van der Waals surface area contributed by atoms with Gasteiger partial charge in [-0.05, 0) is 49.6 Å². The van der Waals surface area contributed by atoms with Crippen molar-refractivity contribution in [2.24, 2.45) is 0 Å². The van der Waals surface area contributed by atoms with Crippen LogP contribution in [0.1, 0.15) is 31.6 Å². The summed E-state index contributed by atoms with van der Waals surface area (Å²) in [4.78, 5) is 22.1. The minimum atomic E-state index is -0.0583. The second-order valence-corrected chi connectivity index (χ2v) is 7.28. The molecule has 2 heterocycles. The molecule has 1 N–H and O–H groups in total. The fraction of sp³-hybridized carbons (Fsp3) is 0.286. The molecule has 27 heavy (non-hydrogen) atoms. The summed E-state index contributed by atoms with van der Waals surface area (Å²) in [6.45, 7) is 2.46. The molecule has 0 atom stereocenters. The predicted molar refractivity (Wildman–Crippen MR) is 108 cm³/mol. The standard InChI is InChI=1S/C21H23N3O2S/c1-15-20(27-19(24-15)10-9-17-7-3-4-12-22-17)21(25)23-13-11-16-6-5-8-18(14-16)26-2/h3-8,12,14H,9-11,13H2,1-2H3,(H,23,25). The Morgan fingerprint density at radius 2 is 2.04 bits per heavy atom. The number of amides is 1. The molecule has 1 amide bonds. The van der Waals surface area contributed by atoms with Gasteiger partial charge in [0.05, 0.1) is 17.8 Å². The Bertz CT molecular complexity index is 893. The van der Waals surface area contributed by atoms with E-state index >= 15 is 0 Å². The van der Waals surface area contributed by atoms with E-state index in [0.717, 1.165) is 47.0 Å². The van der Waals surface area contributed by atoms with Crippen molar-refractivity contribution in [2.75, 3.05) is 13.7 Å². The van der Waals surface area contributed by atoms with Gasteiger partial charge in [-0.25, -0.2) is 4.98 Å². The van der Waals surface area contributed by atoms with Crippen LogP contribution in [0.5, 0.6) is 5.75 Å². The molecule has 0 aliphatic rings. The van der Waals surface area contributed by atoms with Gasteiger partial charge in [-0.2, -0.15) is 0 Å². The monoisotopic (exact) mass is 381 g/mol. The molecule has 5 nitrogen and oxygen atoms in total. The number of carbonyl (C=O) groups is 1. The molecular weight excluding hydrogens is 358 g/mol. The number of aromatic nitrogens is 2.